The number of aliphatic hydroxyl groups is 2. The van der Waals surface area contributed by atoms with Crippen LogP contribution in [0.4, 0.5) is 0 Å². The number of rotatable bonds is 2. The van der Waals surface area contributed by atoms with Gasteiger partial charge in [-0.15, -0.1) is 17.0 Å². The summed E-state index contributed by atoms with van der Waals surface area (Å²) in [6.07, 6.45) is 0.875. The molecule has 0 unspecified atom stereocenters. The number of hydrogen-bond acceptors (Lipinski definition) is 3. The van der Waals surface area contributed by atoms with Gasteiger partial charge in [0.1, 0.15) is 0 Å². The van der Waals surface area contributed by atoms with Crippen LogP contribution in [0.3, 0.4) is 0 Å². The van der Waals surface area contributed by atoms with Crippen molar-refractivity contribution >= 4 is 23.0 Å². The van der Waals surface area contributed by atoms with Gasteiger partial charge in [-0.2, -0.15) is 0 Å². The number of halogens is 1. The molecule has 0 saturated heterocycles. The number of aliphatic hydroxyl groups excluding tert-OH is 1. The van der Waals surface area contributed by atoms with E-state index in [0.717, 1.165) is 17.5 Å². The van der Waals surface area contributed by atoms with Crippen LogP contribution in [-0.2, 0) is 10.4 Å². The van der Waals surface area contributed by atoms with Crippen molar-refractivity contribution < 1.29 is 20.1 Å². The molecular weight excluding hydrogens is 348 g/mol. The molecule has 0 aliphatic heterocycles. The van der Waals surface area contributed by atoms with Gasteiger partial charge in [0.05, 0.1) is 0 Å². The minimum atomic E-state index is -1.92. The van der Waals surface area contributed by atoms with Gasteiger partial charge in [0.15, 0.2) is 0 Å². The van der Waals surface area contributed by atoms with Crippen LogP contribution in [0, 0.1) is 0 Å². The quantitative estimate of drug-likeness (QED) is 0.763. The second-order valence-corrected chi connectivity index (χ2v) is 4.83. The van der Waals surface area contributed by atoms with E-state index in [2.05, 4.69) is 0 Å². The maximum absolute atomic E-state index is 11.4. The largest absolute Gasteiger partial charge is 0.479 e. The summed E-state index contributed by atoms with van der Waals surface area (Å²) in [5, 5.41) is 27.7. The first-order valence-electron chi connectivity index (χ1n) is 6.83. The summed E-state index contributed by atoms with van der Waals surface area (Å²) in [4.78, 5) is 11.4. The van der Waals surface area contributed by atoms with E-state index < -0.39 is 11.6 Å². The zero-order chi connectivity index (χ0) is 15.5. The first-order chi connectivity index (χ1) is 10.1. The molecule has 22 heavy (non-hydrogen) atoms. The van der Waals surface area contributed by atoms with E-state index in [1.165, 1.54) is 0 Å². The Kier molecular flexibility index (Phi) is 6.29. The Hall–Kier alpha value is -1.69. The highest BCUT2D eigenvalue weighted by Crippen LogP contribution is 2.47. The van der Waals surface area contributed by atoms with E-state index in [0.29, 0.717) is 17.7 Å². The van der Waals surface area contributed by atoms with E-state index >= 15 is 0 Å². The van der Waals surface area contributed by atoms with Crippen LogP contribution < -0.4 is 0 Å². The van der Waals surface area contributed by atoms with Crippen molar-refractivity contribution in [2.24, 2.45) is 0 Å². The van der Waals surface area contributed by atoms with Gasteiger partial charge < -0.3 is 15.3 Å². The molecule has 0 amide bonds. The number of benzene rings is 2. The van der Waals surface area contributed by atoms with E-state index in [4.69, 9.17) is 5.11 Å². The van der Waals surface area contributed by atoms with Crippen molar-refractivity contribution in [3.8, 4) is 11.1 Å². The molecule has 118 valence electrons. The fraction of sp³-hybridized carbons (Fsp3) is 0.235. The SMILES string of the molecule is Br.CCCO.O=C(O)C1(O)c2ccccc2-c2ccccc21. The smallest absolute Gasteiger partial charge is 0.345 e. The first-order valence-corrected chi connectivity index (χ1v) is 6.83. The molecule has 0 spiro atoms. The van der Waals surface area contributed by atoms with Gasteiger partial charge in [-0.05, 0) is 17.5 Å². The molecule has 3 N–H and O–H groups in total. The lowest BCUT2D eigenvalue weighted by Gasteiger charge is -2.19. The normalized spacial score (nSPS) is 13.0. The third-order valence-corrected chi connectivity index (χ3v) is 3.46. The molecule has 0 bridgehead atoms. The molecule has 0 fully saturated rings. The summed E-state index contributed by atoms with van der Waals surface area (Å²) in [6.45, 7) is 2.25. The van der Waals surface area contributed by atoms with Gasteiger partial charge in [-0.1, -0.05) is 55.5 Å². The molecule has 1 aliphatic carbocycles. The molecule has 1 aliphatic rings. The van der Waals surface area contributed by atoms with Crippen LogP contribution in [0.25, 0.3) is 11.1 Å². The summed E-state index contributed by atoms with van der Waals surface area (Å²) < 4.78 is 0. The molecule has 2 aromatic rings. The number of carboxylic acids is 1. The average molecular weight is 367 g/mol. The predicted molar refractivity (Wildman–Crippen MR) is 90.2 cm³/mol. The van der Waals surface area contributed by atoms with Crippen LogP contribution in [0.5, 0.6) is 0 Å². The van der Waals surface area contributed by atoms with Gasteiger partial charge in [0, 0.05) is 17.7 Å². The van der Waals surface area contributed by atoms with Crippen LogP contribution in [0.2, 0.25) is 0 Å². The van der Waals surface area contributed by atoms with Crippen molar-refractivity contribution in [2.75, 3.05) is 6.61 Å². The Morgan fingerprint density at radius 3 is 1.68 bits per heavy atom. The summed E-state index contributed by atoms with van der Waals surface area (Å²) in [7, 11) is 0. The van der Waals surface area contributed by atoms with E-state index in [-0.39, 0.29) is 17.0 Å². The summed E-state index contributed by atoms with van der Waals surface area (Å²) in [5.41, 5.74) is 0.524. The molecule has 0 atom stereocenters. The summed E-state index contributed by atoms with van der Waals surface area (Å²) in [5.74, 6) is -1.24. The Bertz CT molecular complexity index is 607. The average Bonchev–Trinajstić information content (AvgIpc) is 2.79. The maximum atomic E-state index is 11.4. The molecule has 4 nitrogen and oxygen atoms in total. The second kappa shape index (κ2) is 7.54. The molecule has 0 aromatic heterocycles. The highest BCUT2D eigenvalue weighted by Gasteiger charge is 2.47. The second-order valence-electron chi connectivity index (χ2n) is 4.83. The van der Waals surface area contributed by atoms with E-state index in [9.17, 15) is 15.0 Å². The lowest BCUT2D eigenvalue weighted by atomic mass is 9.92. The number of hydrogen-bond donors (Lipinski definition) is 3. The van der Waals surface area contributed by atoms with Crippen molar-refractivity contribution in [3.63, 3.8) is 0 Å². The van der Waals surface area contributed by atoms with Crippen LogP contribution in [-0.4, -0.2) is 27.9 Å². The highest BCUT2D eigenvalue weighted by atomic mass is 79.9. The van der Waals surface area contributed by atoms with Gasteiger partial charge in [-0.25, -0.2) is 4.79 Å². The summed E-state index contributed by atoms with van der Waals surface area (Å²) in [6, 6.07) is 14.1. The van der Waals surface area contributed by atoms with Crippen LogP contribution in [0.1, 0.15) is 24.5 Å². The molecule has 0 saturated carbocycles. The third kappa shape index (κ3) is 2.92. The van der Waals surface area contributed by atoms with Crippen molar-refractivity contribution in [1.29, 1.82) is 0 Å². The zero-order valence-corrected chi connectivity index (χ0v) is 13.9. The summed E-state index contributed by atoms with van der Waals surface area (Å²) >= 11 is 0. The Morgan fingerprint density at radius 2 is 1.36 bits per heavy atom. The van der Waals surface area contributed by atoms with Crippen LogP contribution in [0.15, 0.2) is 48.5 Å². The first kappa shape index (κ1) is 18.4. The molecule has 0 radical (unpaired) electrons. The monoisotopic (exact) mass is 366 g/mol. The third-order valence-electron chi connectivity index (χ3n) is 3.46. The van der Waals surface area contributed by atoms with Gasteiger partial charge >= 0.3 is 5.97 Å². The van der Waals surface area contributed by atoms with Gasteiger partial charge in [-0.3, -0.25) is 0 Å². The Labute approximate surface area is 139 Å². The fourth-order valence-electron chi connectivity index (χ4n) is 2.44. The van der Waals surface area contributed by atoms with Crippen LogP contribution >= 0.6 is 17.0 Å². The topological polar surface area (TPSA) is 77.8 Å². The zero-order valence-electron chi connectivity index (χ0n) is 12.2. The fourth-order valence-corrected chi connectivity index (χ4v) is 2.44. The van der Waals surface area contributed by atoms with E-state index in [1.54, 1.807) is 24.3 Å². The predicted octanol–water partition coefficient (Wildman–Crippen LogP) is 2.95. The molecule has 5 heteroatoms. The number of carbonyl (C=O) groups is 1. The number of fused-ring (bicyclic) bond motifs is 3. The lowest BCUT2D eigenvalue weighted by Crippen LogP contribution is -2.34. The Morgan fingerprint density at radius 1 is 1.00 bits per heavy atom. The minimum absolute atomic E-state index is 0. The van der Waals surface area contributed by atoms with Crippen molar-refractivity contribution in [1.82, 2.24) is 0 Å². The highest BCUT2D eigenvalue weighted by molar-refractivity contribution is 8.93. The van der Waals surface area contributed by atoms with Crippen molar-refractivity contribution in [3.05, 3.63) is 59.7 Å². The van der Waals surface area contributed by atoms with Crippen molar-refractivity contribution in [2.45, 2.75) is 18.9 Å². The maximum Gasteiger partial charge on any atom is 0.345 e. The molecule has 2 aromatic carbocycles. The molecular formula is C17H19BrO4. The molecule has 3 rings (SSSR count). The van der Waals surface area contributed by atoms with Gasteiger partial charge in [0.2, 0.25) is 5.60 Å². The van der Waals surface area contributed by atoms with Gasteiger partial charge in [0.25, 0.3) is 0 Å². The van der Waals surface area contributed by atoms with E-state index in [1.807, 2.05) is 31.2 Å². The minimum Gasteiger partial charge on any atom is -0.479 e. The Balaban J connectivity index is 0.000000436. The standard InChI is InChI=1S/C14H10O3.C3H8O.BrH/c15-13(16)14(17)11-7-3-1-5-9(11)10-6-2-4-8-12(10)14;1-2-3-4;/h1-8,17H,(H,15,16);4H,2-3H2,1H3;1H. The number of carboxylic acid groups (broad SMARTS) is 1. The number of aliphatic carboxylic acids is 1. The molecule has 0 heterocycles. The lowest BCUT2D eigenvalue weighted by molar-refractivity contribution is -0.154.